The predicted molar refractivity (Wildman–Crippen MR) is 326 cm³/mol. The van der Waals surface area contributed by atoms with E-state index in [2.05, 4.69) is 79.7 Å². The van der Waals surface area contributed by atoms with Gasteiger partial charge < -0.3 is 20.4 Å². The molecule has 0 fully saturated rings. The van der Waals surface area contributed by atoms with E-state index in [4.69, 9.17) is 0 Å². The summed E-state index contributed by atoms with van der Waals surface area (Å²) in [6.45, 7) is 18.7. The molecule has 1 aliphatic heterocycles. The molecule has 1 heterocycles. The molecule has 0 bridgehead atoms. The molecule has 0 N–H and O–H groups in total. The maximum absolute atomic E-state index is 13.0. The van der Waals surface area contributed by atoms with E-state index in [0.717, 1.165) is 75.6 Å². The second-order valence-electron chi connectivity index (χ2n) is 22.4. The van der Waals surface area contributed by atoms with Gasteiger partial charge in [-0.25, -0.2) is 4.70 Å². The third kappa shape index (κ3) is 26.9. The summed E-state index contributed by atoms with van der Waals surface area (Å²) in [5.41, 5.74) is 30.0. The zero-order chi connectivity index (χ0) is 50.4. The summed E-state index contributed by atoms with van der Waals surface area (Å²) in [4.78, 5) is 0. The molecular formula is C70H122N2Pd. The smallest absolute Gasteiger partial charge is 0.493 e. The Labute approximate surface area is 472 Å². The molecule has 3 heteroatoms. The molecule has 0 amide bonds. The van der Waals surface area contributed by atoms with Gasteiger partial charge in [-0.1, -0.05) is 261 Å². The summed E-state index contributed by atoms with van der Waals surface area (Å²) >= 11 is 0. The number of aryl methyl sites for hydroxylation is 4. The van der Waals surface area contributed by atoms with Gasteiger partial charge in [0.05, 0.1) is 0 Å². The van der Waals surface area contributed by atoms with Crippen molar-refractivity contribution in [3.8, 4) is 0 Å². The van der Waals surface area contributed by atoms with E-state index in [9.17, 15) is 5.53 Å². The summed E-state index contributed by atoms with van der Waals surface area (Å²) in [6, 6.07) is 10.1. The Morgan fingerprint density at radius 3 is 0.726 bits per heavy atom. The fraction of sp³-hybridized carbons (Fsp3) is 0.743. The fourth-order valence-electron chi connectivity index (χ4n) is 12.0. The van der Waals surface area contributed by atoms with Gasteiger partial charge >= 0.3 is 20.4 Å². The Hall–Kier alpha value is -1.82. The van der Waals surface area contributed by atoms with Gasteiger partial charge in [-0.3, -0.25) is 0 Å². The van der Waals surface area contributed by atoms with E-state index in [1.54, 1.807) is 15.8 Å². The molecule has 422 valence electrons. The van der Waals surface area contributed by atoms with Crippen LogP contribution in [0.5, 0.6) is 0 Å². The van der Waals surface area contributed by atoms with Gasteiger partial charge in [0.1, 0.15) is 0 Å². The van der Waals surface area contributed by atoms with E-state index >= 15 is 0 Å². The molecule has 73 heavy (non-hydrogen) atoms. The minimum Gasteiger partial charge on any atom is -0.493 e. The number of unbranched alkanes of at least 4 members (excludes halogenated alkanes) is 28. The molecule has 2 nitrogen and oxygen atoms in total. The van der Waals surface area contributed by atoms with Crippen LogP contribution in [0.15, 0.2) is 35.4 Å². The average Bonchev–Trinajstić information content (AvgIpc) is 3.63. The van der Waals surface area contributed by atoms with Crippen LogP contribution in [0.3, 0.4) is 0 Å². The molecule has 0 atom stereocenters. The van der Waals surface area contributed by atoms with Crippen molar-refractivity contribution in [2.24, 2.45) is 0 Å². The van der Waals surface area contributed by atoms with E-state index in [0.29, 0.717) is 0 Å². The summed E-state index contributed by atoms with van der Waals surface area (Å²) in [6.07, 6.45) is 57.4. The first-order valence-electron chi connectivity index (χ1n) is 31.7. The van der Waals surface area contributed by atoms with Crippen LogP contribution in [0.1, 0.15) is 344 Å². The molecule has 3 rings (SSSR count). The second kappa shape index (κ2) is 46.3. The molecule has 0 radical (unpaired) electrons. The van der Waals surface area contributed by atoms with Crippen molar-refractivity contribution in [3.05, 3.63) is 100 Å². The van der Waals surface area contributed by atoms with Crippen molar-refractivity contribution in [1.82, 2.24) is 0 Å². The van der Waals surface area contributed by atoms with E-state index in [1.807, 2.05) is 0 Å². The van der Waals surface area contributed by atoms with Crippen LogP contribution in [0.25, 0.3) is 16.9 Å². The SMILES string of the molecule is CCCCCCCCCCCCCCCCCCCCCCCCCC1=C(c2cc(CCC)c(CCCCC)c(CCC)c2)[N+](=[N-])C(c2cc(CCC)c(CCCCC)c(CCC)c2)=C1CCCCC.[CH3-].[CH3-].[Pd+2]. The van der Waals surface area contributed by atoms with Gasteiger partial charge in [0.25, 0.3) is 0 Å². The number of hydrogen-bond acceptors (Lipinski definition) is 0. The number of hydrogen-bond donors (Lipinski definition) is 0. The van der Waals surface area contributed by atoms with E-state index < -0.39 is 0 Å². The third-order valence-electron chi connectivity index (χ3n) is 16.0. The first kappa shape index (κ1) is 71.2. The predicted octanol–water partition coefficient (Wildman–Crippen LogP) is 24.0. The molecule has 0 unspecified atom stereocenters. The Kier molecular flexibility index (Phi) is 45.1. The Morgan fingerprint density at radius 1 is 0.274 bits per heavy atom. The molecule has 0 aliphatic carbocycles. The van der Waals surface area contributed by atoms with E-state index in [-0.39, 0.29) is 35.3 Å². The van der Waals surface area contributed by atoms with Gasteiger partial charge in [0, 0.05) is 22.3 Å². The first-order valence-corrected chi connectivity index (χ1v) is 31.7. The van der Waals surface area contributed by atoms with Crippen molar-refractivity contribution in [1.29, 1.82) is 0 Å². The molecule has 0 spiro atoms. The zero-order valence-electron chi connectivity index (χ0n) is 50.6. The summed E-state index contributed by atoms with van der Waals surface area (Å²) < 4.78 is 1.74. The Morgan fingerprint density at radius 2 is 0.479 bits per heavy atom. The summed E-state index contributed by atoms with van der Waals surface area (Å²) in [7, 11) is 0. The van der Waals surface area contributed by atoms with Crippen molar-refractivity contribution in [3.63, 3.8) is 0 Å². The van der Waals surface area contributed by atoms with Crippen LogP contribution < -0.4 is 0 Å². The number of nitrogens with zero attached hydrogens (tertiary/aromatic N) is 2. The molecule has 0 aromatic heterocycles. The first-order chi connectivity index (χ1) is 34.4. The topological polar surface area (TPSA) is 25.3 Å². The second-order valence-corrected chi connectivity index (χ2v) is 22.4. The van der Waals surface area contributed by atoms with Crippen LogP contribution in [0.4, 0.5) is 0 Å². The van der Waals surface area contributed by atoms with Crippen LogP contribution in [0, 0.1) is 14.9 Å². The molecule has 2 aromatic rings. The minimum absolute atomic E-state index is 0. The Bertz CT molecular complexity index is 1690. The maximum Gasteiger partial charge on any atom is 2.00 e. The van der Waals surface area contributed by atoms with Crippen molar-refractivity contribution in [2.75, 3.05) is 0 Å². The van der Waals surface area contributed by atoms with Crippen LogP contribution >= 0.6 is 0 Å². The summed E-state index contributed by atoms with van der Waals surface area (Å²) in [5.74, 6) is 0. The van der Waals surface area contributed by atoms with Crippen LogP contribution in [0.2, 0.25) is 0 Å². The molecule has 1 aliphatic rings. The molecule has 0 saturated heterocycles. The van der Waals surface area contributed by atoms with Gasteiger partial charge in [0.15, 0.2) is 0 Å². The van der Waals surface area contributed by atoms with Crippen molar-refractivity contribution < 1.29 is 25.1 Å². The average molecular weight is 1100 g/mol. The van der Waals surface area contributed by atoms with Crippen molar-refractivity contribution >= 4 is 11.4 Å². The number of allylic oxidation sites excluding steroid dienone is 2. The third-order valence-corrected chi connectivity index (χ3v) is 16.0. The standard InChI is InChI=1S/C68H116N2.2CH3.Pd/c1-9-17-21-22-23-24-25-26-27-28-29-30-31-32-33-34-35-36-37-38-39-40-44-52-66-65(51-43-20-12-4)67(61-53-57(45-13-5)63(49-41-18-10-2)58(54-61)46-14-6)70(69)68(66)62-55-59(47-15-7)64(50-42-19-11-3)60(56-62)48-16-8;;;/h53-56H,9-52H2,1-8H3;2*1H3;/q;2*-1;+2. The van der Waals surface area contributed by atoms with Gasteiger partial charge in [-0.05, 0) is 135 Å². The molecule has 0 saturated carbocycles. The quantitative estimate of drug-likeness (QED) is 0.0273. The van der Waals surface area contributed by atoms with Gasteiger partial charge in [-0.15, -0.1) is 0 Å². The fourth-order valence-corrected chi connectivity index (χ4v) is 12.0. The number of rotatable bonds is 46. The monoisotopic (exact) mass is 1100 g/mol. The largest absolute Gasteiger partial charge is 2.00 e. The summed E-state index contributed by atoms with van der Waals surface area (Å²) in [5, 5.41) is 0. The minimum atomic E-state index is 0. The van der Waals surface area contributed by atoms with Crippen LogP contribution in [-0.2, 0) is 58.9 Å². The van der Waals surface area contributed by atoms with Crippen molar-refractivity contribution in [2.45, 2.75) is 338 Å². The van der Waals surface area contributed by atoms with Gasteiger partial charge in [-0.2, -0.15) is 0 Å². The number of benzene rings is 2. The van der Waals surface area contributed by atoms with Gasteiger partial charge in [0.2, 0.25) is 11.4 Å². The maximum atomic E-state index is 13.0. The van der Waals surface area contributed by atoms with Crippen LogP contribution in [-0.4, -0.2) is 4.70 Å². The normalized spacial score (nSPS) is 12.5. The van der Waals surface area contributed by atoms with E-state index in [1.165, 1.54) is 263 Å². The zero-order valence-corrected chi connectivity index (χ0v) is 52.2. The molecule has 2 aromatic carbocycles. The molecular weight excluding hydrogens is 975 g/mol. The Balaban J connectivity index is 0.0000173.